The van der Waals surface area contributed by atoms with Crippen LogP contribution in [-0.2, 0) is 9.84 Å². The van der Waals surface area contributed by atoms with Crippen molar-refractivity contribution in [2.24, 2.45) is 0 Å². The number of sulfone groups is 1. The van der Waals surface area contributed by atoms with Crippen molar-refractivity contribution in [2.45, 2.75) is 38.3 Å². The maximum absolute atomic E-state index is 12.7. The number of amides is 1. The highest BCUT2D eigenvalue weighted by Crippen LogP contribution is 2.23. The number of aryl methyl sites for hydroxylation is 1. The first-order chi connectivity index (χ1) is 13.4. The molecule has 2 atom stereocenters. The average molecular weight is 404 g/mol. The Morgan fingerprint density at radius 3 is 2.50 bits per heavy atom. The number of carbonyl (C=O) groups is 1. The maximum Gasteiger partial charge on any atom is 0.257 e. The average Bonchev–Trinajstić information content (AvgIpc) is 3.25. The largest absolute Gasteiger partial charge is 0.347 e. The van der Waals surface area contributed by atoms with Crippen molar-refractivity contribution in [1.29, 1.82) is 0 Å². The predicted octanol–water partition coefficient (Wildman–Crippen LogP) is 1.43. The fraction of sp³-hybridized carbons (Fsp3) is 0.526. The van der Waals surface area contributed by atoms with Crippen LogP contribution < -0.4 is 5.32 Å². The molecule has 1 aromatic heterocycles. The number of likely N-dealkylation sites (tertiary alicyclic amines) is 1. The molecule has 2 fully saturated rings. The van der Waals surface area contributed by atoms with Gasteiger partial charge in [-0.1, -0.05) is 11.6 Å². The van der Waals surface area contributed by atoms with Gasteiger partial charge in [-0.2, -0.15) is 4.98 Å². The lowest BCUT2D eigenvalue weighted by Crippen LogP contribution is -2.52. The molecule has 4 rings (SSSR count). The van der Waals surface area contributed by atoms with E-state index in [-0.39, 0.29) is 29.5 Å². The molecule has 0 aliphatic carbocycles. The Balaban J connectivity index is 1.47. The van der Waals surface area contributed by atoms with Gasteiger partial charge in [0.2, 0.25) is 0 Å². The van der Waals surface area contributed by atoms with Crippen molar-refractivity contribution >= 4 is 15.7 Å². The molecule has 0 saturated carbocycles. The van der Waals surface area contributed by atoms with Gasteiger partial charge in [-0.05, 0) is 57.1 Å². The highest BCUT2D eigenvalue weighted by molar-refractivity contribution is 7.91. The van der Waals surface area contributed by atoms with Gasteiger partial charge in [0.1, 0.15) is 0 Å². The SMILES string of the molecule is Cc1noc(-c2ccc(C(=O)NC3CS(=O)(=O)CC3N3CCCCC3)cc2)n1. The molecule has 1 amide bonds. The molecule has 2 aromatic rings. The molecule has 1 aromatic carbocycles. The first kappa shape index (κ1) is 19.1. The number of hydrogen-bond donors (Lipinski definition) is 1. The summed E-state index contributed by atoms with van der Waals surface area (Å²) in [5.74, 6) is 0.795. The number of piperidine rings is 1. The minimum atomic E-state index is -3.15. The Hall–Kier alpha value is -2.26. The molecule has 0 radical (unpaired) electrons. The van der Waals surface area contributed by atoms with Crippen LogP contribution in [0.1, 0.15) is 35.4 Å². The van der Waals surface area contributed by atoms with E-state index in [1.165, 1.54) is 6.42 Å². The highest BCUT2D eigenvalue weighted by Gasteiger charge is 2.41. The Morgan fingerprint density at radius 1 is 1.14 bits per heavy atom. The van der Waals surface area contributed by atoms with Crippen LogP contribution in [0.25, 0.3) is 11.5 Å². The van der Waals surface area contributed by atoms with Crippen molar-refractivity contribution in [1.82, 2.24) is 20.4 Å². The van der Waals surface area contributed by atoms with Gasteiger partial charge in [-0.15, -0.1) is 0 Å². The van der Waals surface area contributed by atoms with Crippen molar-refractivity contribution in [3.8, 4) is 11.5 Å². The summed E-state index contributed by atoms with van der Waals surface area (Å²) in [5, 5.41) is 6.71. The summed E-state index contributed by atoms with van der Waals surface area (Å²) in [4.78, 5) is 19.1. The summed E-state index contributed by atoms with van der Waals surface area (Å²) in [6.45, 7) is 3.53. The Morgan fingerprint density at radius 2 is 1.86 bits per heavy atom. The lowest BCUT2D eigenvalue weighted by atomic mass is 10.0. The summed E-state index contributed by atoms with van der Waals surface area (Å²) in [6, 6.07) is 6.33. The van der Waals surface area contributed by atoms with Gasteiger partial charge in [0.15, 0.2) is 15.7 Å². The fourth-order valence-corrected chi connectivity index (χ4v) is 5.96. The van der Waals surface area contributed by atoms with Gasteiger partial charge < -0.3 is 9.84 Å². The maximum atomic E-state index is 12.7. The normalized spacial score (nSPS) is 24.9. The van der Waals surface area contributed by atoms with Crippen LogP contribution in [0.3, 0.4) is 0 Å². The van der Waals surface area contributed by atoms with Crippen molar-refractivity contribution < 1.29 is 17.7 Å². The highest BCUT2D eigenvalue weighted by atomic mass is 32.2. The molecular formula is C19H24N4O4S. The predicted molar refractivity (Wildman–Crippen MR) is 104 cm³/mol. The van der Waals surface area contributed by atoms with E-state index in [9.17, 15) is 13.2 Å². The second kappa shape index (κ2) is 7.63. The van der Waals surface area contributed by atoms with Crippen LogP contribution in [0.4, 0.5) is 0 Å². The van der Waals surface area contributed by atoms with E-state index in [2.05, 4.69) is 20.4 Å². The van der Waals surface area contributed by atoms with E-state index >= 15 is 0 Å². The van der Waals surface area contributed by atoms with Gasteiger partial charge in [-0.3, -0.25) is 9.69 Å². The lowest BCUT2D eigenvalue weighted by molar-refractivity contribution is 0.0900. The number of nitrogens with zero attached hydrogens (tertiary/aromatic N) is 3. The Kier molecular flexibility index (Phi) is 5.20. The minimum absolute atomic E-state index is 0.000742. The Labute approximate surface area is 164 Å². The van der Waals surface area contributed by atoms with Crippen molar-refractivity contribution in [3.05, 3.63) is 35.7 Å². The summed E-state index contributed by atoms with van der Waals surface area (Å²) in [6.07, 6.45) is 3.33. The van der Waals surface area contributed by atoms with Crippen LogP contribution in [0.15, 0.2) is 28.8 Å². The van der Waals surface area contributed by atoms with E-state index in [1.54, 1.807) is 31.2 Å². The topological polar surface area (TPSA) is 105 Å². The molecule has 9 heteroatoms. The van der Waals surface area contributed by atoms with Crippen molar-refractivity contribution in [3.63, 3.8) is 0 Å². The molecule has 2 aliphatic heterocycles. The number of carbonyl (C=O) groups excluding carboxylic acids is 1. The quantitative estimate of drug-likeness (QED) is 0.822. The fourth-order valence-electron chi connectivity index (χ4n) is 4.01. The van der Waals surface area contributed by atoms with E-state index in [4.69, 9.17) is 4.52 Å². The zero-order chi connectivity index (χ0) is 19.7. The molecule has 2 aliphatic rings. The molecule has 0 bridgehead atoms. The molecular weight excluding hydrogens is 380 g/mol. The summed E-state index contributed by atoms with van der Waals surface area (Å²) in [5.41, 5.74) is 1.20. The monoisotopic (exact) mass is 404 g/mol. The third kappa shape index (κ3) is 4.10. The van der Waals surface area contributed by atoms with Crippen LogP contribution in [0.5, 0.6) is 0 Å². The number of benzene rings is 1. The standard InChI is InChI=1S/C19H24N4O4S/c1-13-20-19(27-22-13)15-7-5-14(6-8-15)18(24)21-16-11-28(25,26)12-17(16)23-9-3-2-4-10-23/h5-8,16-17H,2-4,9-12H2,1H3,(H,21,24). The molecule has 3 heterocycles. The van der Waals surface area contributed by atoms with E-state index in [0.29, 0.717) is 17.3 Å². The summed E-state index contributed by atoms with van der Waals surface area (Å²) >= 11 is 0. The van der Waals surface area contributed by atoms with Gasteiger partial charge in [0.25, 0.3) is 11.8 Å². The van der Waals surface area contributed by atoms with Crippen LogP contribution in [0.2, 0.25) is 0 Å². The van der Waals surface area contributed by atoms with E-state index in [1.807, 2.05) is 0 Å². The summed E-state index contributed by atoms with van der Waals surface area (Å²) in [7, 11) is -3.15. The molecule has 2 saturated heterocycles. The lowest BCUT2D eigenvalue weighted by Gasteiger charge is -2.35. The first-order valence-corrected chi connectivity index (χ1v) is 11.4. The van der Waals surface area contributed by atoms with Gasteiger partial charge >= 0.3 is 0 Å². The molecule has 2 unspecified atom stereocenters. The number of rotatable bonds is 4. The third-order valence-electron chi connectivity index (χ3n) is 5.42. The molecule has 28 heavy (non-hydrogen) atoms. The second-order valence-electron chi connectivity index (χ2n) is 7.54. The van der Waals surface area contributed by atoms with E-state index < -0.39 is 9.84 Å². The van der Waals surface area contributed by atoms with Gasteiger partial charge in [0.05, 0.1) is 17.5 Å². The Bertz CT molecular complexity index is 949. The molecule has 0 spiro atoms. The zero-order valence-corrected chi connectivity index (χ0v) is 16.6. The summed E-state index contributed by atoms with van der Waals surface area (Å²) < 4.78 is 29.6. The van der Waals surface area contributed by atoms with E-state index in [0.717, 1.165) is 31.5 Å². The molecule has 8 nitrogen and oxygen atoms in total. The second-order valence-corrected chi connectivity index (χ2v) is 9.70. The van der Waals surface area contributed by atoms with Crippen LogP contribution >= 0.6 is 0 Å². The van der Waals surface area contributed by atoms with Gasteiger partial charge in [0, 0.05) is 17.2 Å². The number of aromatic nitrogens is 2. The smallest absolute Gasteiger partial charge is 0.257 e. The van der Waals surface area contributed by atoms with Gasteiger partial charge in [-0.25, -0.2) is 8.42 Å². The van der Waals surface area contributed by atoms with Crippen LogP contribution in [0, 0.1) is 6.92 Å². The molecule has 1 N–H and O–H groups in total. The zero-order valence-electron chi connectivity index (χ0n) is 15.8. The molecule has 150 valence electrons. The van der Waals surface area contributed by atoms with Crippen molar-refractivity contribution in [2.75, 3.05) is 24.6 Å². The third-order valence-corrected chi connectivity index (χ3v) is 7.14. The van der Waals surface area contributed by atoms with Crippen LogP contribution in [-0.4, -0.2) is 66.0 Å². The number of nitrogens with one attached hydrogen (secondary N) is 1. The first-order valence-electron chi connectivity index (χ1n) is 9.57. The number of hydrogen-bond acceptors (Lipinski definition) is 7. The minimum Gasteiger partial charge on any atom is -0.347 e.